The number of nitrogens with zero attached hydrogens (tertiary/aromatic N) is 1. The number of aryl methyl sites for hydroxylation is 1. The molecule has 2 rings (SSSR count). The second-order valence-electron chi connectivity index (χ2n) is 5.73. The Morgan fingerprint density at radius 2 is 2.14 bits per heavy atom. The number of thioether (sulfide) groups is 1. The summed E-state index contributed by atoms with van der Waals surface area (Å²) in [5, 5.41) is 5.67. The Bertz CT molecular complexity index is 577. The zero-order valence-corrected chi connectivity index (χ0v) is 14.7. The Morgan fingerprint density at radius 3 is 2.86 bits per heavy atom. The van der Waals surface area contributed by atoms with E-state index in [0.717, 1.165) is 30.4 Å². The average molecular weight is 325 g/mol. The number of hydrogen-bond donors (Lipinski definition) is 1. The van der Waals surface area contributed by atoms with Crippen molar-refractivity contribution in [1.29, 1.82) is 0 Å². The minimum absolute atomic E-state index is 0.675. The van der Waals surface area contributed by atoms with Gasteiger partial charge >= 0.3 is 0 Å². The molecule has 1 aromatic carbocycles. The molecule has 2 nitrogen and oxygen atoms in total. The van der Waals surface area contributed by atoms with Gasteiger partial charge in [0, 0.05) is 41.0 Å². The molecule has 0 atom stereocenters. The van der Waals surface area contributed by atoms with E-state index >= 15 is 0 Å². The number of benzene rings is 1. The van der Waals surface area contributed by atoms with Gasteiger partial charge in [-0.3, -0.25) is 0 Å². The van der Waals surface area contributed by atoms with Crippen molar-refractivity contribution in [2.24, 2.45) is 5.92 Å². The van der Waals surface area contributed by atoms with Crippen molar-refractivity contribution in [3.63, 3.8) is 0 Å². The van der Waals surface area contributed by atoms with E-state index in [1.165, 1.54) is 22.2 Å². The molecule has 0 aliphatic rings. The second kappa shape index (κ2) is 8.11. The lowest BCUT2D eigenvalue weighted by atomic mass is 10.1. The molecule has 21 heavy (non-hydrogen) atoms. The Balaban J connectivity index is 2.20. The molecule has 116 valence electrons. The van der Waals surface area contributed by atoms with Gasteiger partial charge in [0.15, 0.2) is 0 Å². The highest BCUT2D eigenvalue weighted by atomic mass is 35.5. The summed E-state index contributed by atoms with van der Waals surface area (Å²) in [5.41, 5.74) is 2.62. The predicted octanol–water partition coefficient (Wildman–Crippen LogP) is 4.79. The van der Waals surface area contributed by atoms with Crippen molar-refractivity contribution in [2.75, 3.05) is 18.1 Å². The minimum atomic E-state index is 0.675. The average Bonchev–Trinajstić information content (AvgIpc) is 2.76. The molecule has 0 aliphatic heterocycles. The first kappa shape index (κ1) is 16.7. The van der Waals surface area contributed by atoms with Gasteiger partial charge in [0.25, 0.3) is 0 Å². The van der Waals surface area contributed by atoms with Crippen LogP contribution in [0, 0.1) is 5.92 Å². The first-order chi connectivity index (χ1) is 10.1. The summed E-state index contributed by atoms with van der Waals surface area (Å²) in [7, 11) is 0. The lowest BCUT2D eigenvalue weighted by molar-refractivity contribution is 0.553. The number of fused-ring (bicyclic) bond motifs is 1. The van der Waals surface area contributed by atoms with Crippen LogP contribution in [0.5, 0.6) is 0 Å². The maximum absolute atomic E-state index is 6.17. The smallest absolute Gasteiger partial charge is 0.0498 e. The highest BCUT2D eigenvalue weighted by molar-refractivity contribution is 7.99. The lowest BCUT2D eigenvalue weighted by Gasteiger charge is -2.06. The molecule has 0 unspecified atom stereocenters. The number of rotatable bonds is 8. The molecule has 1 heterocycles. The Kier molecular flexibility index (Phi) is 6.46. The fourth-order valence-electron chi connectivity index (χ4n) is 2.47. The quantitative estimate of drug-likeness (QED) is 0.703. The molecule has 0 amide bonds. The fraction of sp³-hybridized carbons (Fsp3) is 0.529. The molecule has 1 N–H and O–H groups in total. The van der Waals surface area contributed by atoms with Gasteiger partial charge in [0.1, 0.15) is 0 Å². The molecule has 0 saturated heterocycles. The van der Waals surface area contributed by atoms with Crippen LogP contribution in [0.15, 0.2) is 24.4 Å². The van der Waals surface area contributed by atoms with E-state index in [1.807, 2.05) is 17.8 Å². The van der Waals surface area contributed by atoms with Gasteiger partial charge in [0.2, 0.25) is 0 Å². The topological polar surface area (TPSA) is 17.0 Å². The van der Waals surface area contributed by atoms with E-state index in [0.29, 0.717) is 5.92 Å². The summed E-state index contributed by atoms with van der Waals surface area (Å²) in [6.07, 6.45) is 2.28. The summed E-state index contributed by atoms with van der Waals surface area (Å²) in [4.78, 5) is 0. The molecule has 2 aromatic rings. The zero-order valence-electron chi connectivity index (χ0n) is 13.2. The van der Waals surface area contributed by atoms with Crippen molar-refractivity contribution >= 4 is 34.3 Å². The molecule has 1 aromatic heterocycles. The maximum atomic E-state index is 6.17. The Labute approximate surface area is 137 Å². The molecule has 0 saturated carbocycles. The van der Waals surface area contributed by atoms with Gasteiger partial charge in [-0.1, -0.05) is 38.4 Å². The van der Waals surface area contributed by atoms with E-state index in [9.17, 15) is 0 Å². The largest absolute Gasteiger partial charge is 0.346 e. The summed E-state index contributed by atoms with van der Waals surface area (Å²) in [5.74, 6) is 2.99. The lowest BCUT2D eigenvalue weighted by Crippen LogP contribution is -2.18. The number of halogens is 1. The summed E-state index contributed by atoms with van der Waals surface area (Å²) in [6.45, 7) is 9.68. The highest BCUT2D eigenvalue weighted by Crippen LogP contribution is 2.25. The van der Waals surface area contributed by atoms with Gasteiger partial charge in [-0.05, 0) is 35.9 Å². The molecule has 0 spiro atoms. The minimum Gasteiger partial charge on any atom is -0.346 e. The van der Waals surface area contributed by atoms with Gasteiger partial charge in [-0.15, -0.1) is 0 Å². The van der Waals surface area contributed by atoms with E-state index < -0.39 is 0 Å². The highest BCUT2D eigenvalue weighted by Gasteiger charge is 2.09. The molecule has 0 fully saturated rings. The van der Waals surface area contributed by atoms with E-state index in [1.54, 1.807) is 0 Å². The van der Waals surface area contributed by atoms with Crippen LogP contribution in [0.3, 0.4) is 0 Å². The van der Waals surface area contributed by atoms with Crippen molar-refractivity contribution in [3.05, 3.63) is 35.0 Å². The number of aromatic nitrogens is 1. The first-order valence-corrected chi connectivity index (χ1v) is 9.20. The van der Waals surface area contributed by atoms with Crippen LogP contribution in [-0.2, 0) is 13.1 Å². The normalized spacial score (nSPS) is 11.7. The van der Waals surface area contributed by atoms with E-state index in [-0.39, 0.29) is 0 Å². The van der Waals surface area contributed by atoms with Crippen LogP contribution in [-0.4, -0.2) is 22.6 Å². The Hall–Kier alpha value is -0.640. The van der Waals surface area contributed by atoms with Crippen LogP contribution in [0.1, 0.15) is 26.3 Å². The van der Waals surface area contributed by atoms with Crippen molar-refractivity contribution in [3.8, 4) is 0 Å². The van der Waals surface area contributed by atoms with Crippen molar-refractivity contribution in [2.45, 2.75) is 33.9 Å². The molecule has 4 heteroatoms. The van der Waals surface area contributed by atoms with E-state index in [2.05, 4.69) is 49.0 Å². The Morgan fingerprint density at radius 1 is 1.33 bits per heavy atom. The monoisotopic (exact) mass is 324 g/mol. The predicted molar refractivity (Wildman–Crippen MR) is 96.5 cm³/mol. The van der Waals surface area contributed by atoms with Crippen molar-refractivity contribution < 1.29 is 0 Å². The standard InChI is InChI=1S/C17H25ClN2S/c1-4-21-8-7-20-12-14(11-19-10-13(2)3)16-6-5-15(18)9-17(16)20/h5-6,9,12-13,19H,4,7-8,10-11H2,1-3H3. The van der Waals surface area contributed by atoms with Gasteiger partial charge in [0.05, 0.1) is 0 Å². The van der Waals surface area contributed by atoms with Crippen LogP contribution in [0.4, 0.5) is 0 Å². The summed E-state index contributed by atoms with van der Waals surface area (Å²) >= 11 is 8.15. The van der Waals surface area contributed by atoms with Crippen molar-refractivity contribution in [1.82, 2.24) is 9.88 Å². The molecule has 0 radical (unpaired) electrons. The molecular formula is C17H25ClN2S. The molecule has 0 bridgehead atoms. The molecule has 0 aliphatic carbocycles. The fourth-order valence-corrected chi connectivity index (χ4v) is 3.25. The van der Waals surface area contributed by atoms with Gasteiger partial charge in [-0.25, -0.2) is 0 Å². The second-order valence-corrected chi connectivity index (χ2v) is 7.56. The van der Waals surface area contributed by atoms with Crippen LogP contribution in [0.2, 0.25) is 5.02 Å². The van der Waals surface area contributed by atoms with Gasteiger partial charge < -0.3 is 9.88 Å². The van der Waals surface area contributed by atoms with Crippen LogP contribution < -0.4 is 5.32 Å². The molecular weight excluding hydrogens is 300 g/mol. The summed E-state index contributed by atoms with van der Waals surface area (Å²) < 4.78 is 2.34. The van der Waals surface area contributed by atoms with E-state index in [4.69, 9.17) is 11.6 Å². The van der Waals surface area contributed by atoms with Crippen LogP contribution >= 0.6 is 23.4 Å². The maximum Gasteiger partial charge on any atom is 0.0498 e. The third-order valence-corrected chi connectivity index (χ3v) is 4.59. The third kappa shape index (κ3) is 4.67. The zero-order chi connectivity index (χ0) is 15.2. The summed E-state index contributed by atoms with van der Waals surface area (Å²) in [6, 6.07) is 6.22. The first-order valence-electron chi connectivity index (χ1n) is 7.67. The number of hydrogen-bond acceptors (Lipinski definition) is 2. The third-order valence-electron chi connectivity index (χ3n) is 3.48. The number of nitrogens with one attached hydrogen (secondary N) is 1. The van der Waals surface area contributed by atoms with Crippen LogP contribution in [0.25, 0.3) is 10.9 Å². The SMILES string of the molecule is CCSCCn1cc(CNCC(C)C)c2ccc(Cl)cc21. The van der Waals surface area contributed by atoms with Gasteiger partial charge in [-0.2, -0.15) is 11.8 Å².